The Balaban J connectivity index is 0.00000144. The topological polar surface area (TPSA) is 72.7 Å². The van der Waals surface area contributed by atoms with Gasteiger partial charge in [-0.3, -0.25) is 13.9 Å². The number of hydrogen-bond donors (Lipinski definition) is 1. The highest BCUT2D eigenvalue weighted by atomic mass is 127. The minimum absolute atomic E-state index is 0. The zero-order valence-corrected chi connectivity index (χ0v) is 12.3. The van der Waals surface area contributed by atoms with Gasteiger partial charge >= 0.3 is 5.69 Å². The van der Waals surface area contributed by atoms with Gasteiger partial charge in [-0.05, 0) is 13.3 Å². The third-order valence-electron chi connectivity index (χ3n) is 2.89. The molecule has 94 valence electrons. The van der Waals surface area contributed by atoms with Crippen molar-refractivity contribution >= 4 is 35.1 Å². The molecular weight excluding hydrogens is 335 g/mol. The first-order valence-electron chi connectivity index (χ1n) is 5.22. The maximum Gasteiger partial charge on any atom is 0.332 e. The third-order valence-corrected chi connectivity index (χ3v) is 2.89. The van der Waals surface area contributed by atoms with Crippen molar-refractivity contribution < 1.29 is 0 Å². The number of halogens is 1. The maximum atomic E-state index is 12.0. The molecule has 2 aromatic heterocycles. The number of H-pyrrole nitrogens is 1. The fourth-order valence-electron chi connectivity index (χ4n) is 1.73. The maximum absolute atomic E-state index is 12.0. The summed E-state index contributed by atoms with van der Waals surface area (Å²) in [7, 11) is 1.61. The van der Waals surface area contributed by atoms with Crippen molar-refractivity contribution in [2.75, 3.05) is 0 Å². The molecule has 0 aliphatic carbocycles. The van der Waals surface area contributed by atoms with Crippen LogP contribution in [0.4, 0.5) is 0 Å². The molecule has 17 heavy (non-hydrogen) atoms. The second kappa shape index (κ2) is 5.03. The van der Waals surface area contributed by atoms with Crippen LogP contribution in [0.1, 0.15) is 26.3 Å². The Hall–Kier alpha value is -1.12. The van der Waals surface area contributed by atoms with Gasteiger partial charge in [0.25, 0.3) is 5.56 Å². The number of imidazole rings is 1. The number of aromatic amines is 1. The third kappa shape index (κ3) is 2.03. The smallest absolute Gasteiger partial charge is 0.332 e. The molecule has 0 aliphatic heterocycles. The first kappa shape index (κ1) is 13.9. The molecular formula is C10H15IN4O2. The van der Waals surface area contributed by atoms with Crippen molar-refractivity contribution in [2.45, 2.75) is 26.3 Å². The number of aryl methyl sites for hydroxylation is 1. The Labute approximate surface area is 115 Å². The fraction of sp³-hybridized carbons (Fsp3) is 0.500. The standard InChI is InChI=1S/C10H14N4O2.HI/c1-4-6(2)14-9(15)7-8(12-5-11-7)13(3)10(14)16;/h5-6H,4H2,1-3H3,(H,11,12);1H. The molecule has 1 unspecified atom stereocenters. The van der Waals surface area contributed by atoms with Crippen LogP contribution in [0.2, 0.25) is 0 Å². The quantitative estimate of drug-likeness (QED) is 0.822. The van der Waals surface area contributed by atoms with Crippen LogP contribution in [0.15, 0.2) is 15.9 Å². The van der Waals surface area contributed by atoms with Crippen molar-refractivity contribution in [1.29, 1.82) is 0 Å². The van der Waals surface area contributed by atoms with Gasteiger partial charge in [-0.25, -0.2) is 9.78 Å². The molecule has 2 rings (SSSR count). The first-order chi connectivity index (χ1) is 7.57. The van der Waals surface area contributed by atoms with Crippen molar-refractivity contribution in [3.05, 3.63) is 27.2 Å². The van der Waals surface area contributed by atoms with Gasteiger partial charge in [-0.15, -0.1) is 24.0 Å². The summed E-state index contributed by atoms with van der Waals surface area (Å²) in [6, 6.07) is -0.112. The molecule has 0 fully saturated rings. The molecule has 0 spiro atoms. The largest absolute Gasteiger partial charge is 0.339 e. The number of fused-ring (bicyclic) bond motifs is 1. The van der Waals surface area contributed by atoms with E-state index in [1.54, 1.807) is 7.05 Å². The zero-order chi connectivity index (χ0) is 11.9. The lowest BCUT2D eigenvalue weighted by atomic mass is 10.2. The highest BCUT2D eigenvalue weighted by molar-refractivity contribution is 14.0. The number of hydrogen-bond acceptors (Lipinski definition) is 3. The Morgan fingerprint density at radius 3 is 2.71 bits per heavy atom. The summed E-state index contributed by atoms with van der Waals surface area (Å²) in [4.78, 5) is 30.7. The molecule has 0 aliphatic rings. The molecule has 2 heterocycles. The zero-order valence-electron chi connectivity index (χ0n) is 9.93. The van der Waals surface area contributed by atoms with Crippen molar-refractivity contribution in [3.63, 3.8) is 0 Å². The van der Waals surface area contributed by atoms with E-state index in [0.29, 0.717) is 11.2 Å². The van der Waals surface area contributed by atoms with E-state index in [9.17, 15) is 9.59 Å². The van der Waals surface area contributed by atoms with E-state index in [1.807, 2.05) is 13.8 Å². The number of nitrogens with zero attached hydrogens (tertiary/aromatic N) is 3. The second-order valence-corrected chi connectivity index (χ2v) is 3.88. The van der Waals surface area contributed by atoms with Gasteiger partial charge in [0.15, 0.2) is 5.65 Å². The number of aromatic nitrogens is 4. The van der Waals surface area contributed by atoms with Crippen LogP contribution in [0.25, 0.3) is 11.2 Å². The van der Waals surface area contributed by atoms with E-state index in [1.165, 1.54) is 15.5 Å². The second-order valence-electron chi connectivity index (χ2n) is 3.88. The SMILES string of the molecule is CCC(C)n1c(=O)c2[nH]cnc2n(C)c1=O.I. The summed E-state index contributed by atoms with van der Waals surface area (Å²) < 4.78 is 2.65. The summed E-state index contributed by atoms with van der Waals surface area (Å²) >= 11 is 0. The van der Waals surface area contributed by atoms with E-state index >= 15 is 0 Å². The summed E-state index contributed by atoms with van der Waals surface area (Å²) in [5, 5.41) is 0. The lowest BCUT2D eigenvalue weighted by molar-refractivity contribution is 0.480. The van der Waals surface area contributed by atoms with Crippen LogP contribution >= 0.6 is 24.0 Å². The van der Waals surface area contributed by atoms with Crippen LogP contribution < -0.4 is 11.2 Å². The van der Waals surface area contributed by atoms with Crippen LogP contribution in [0.5, 0.6) is 0 Å². The minimum Gasteiger partial charge on any atom is -0.339 e. The summed E-state index contributed by atoms with van der Waals surface area (Å²) in [5.74, 6) is 0. The van der Waals surface area contributed by atoms with E-state index in [4.69, 9.17) is 0 Å². The predicted molar refractivity (Wildman–Crippen MR) is 76.0 cm³/mol. The lowest BCUT2D eigenvalue weighted by Crippen LogP contribution is -2.40. The van der Waals surface area contributed by atoms with E-state index in [2.05, 4.69) is 9.97 Å². The molecule has 0 radical (unpaired) electrons. The molecule has 0 saturated heterocycles. The van der Waals surface area contributed by atoms with Crippen LogP contribution in [-0.4, -0.2) is 19.1 Å². The van der Waals surface area contributed by atoms with Crippen molar-refractivity contribution in [3.8, 4) is 0 Å². The van der Waals surface area contributed by atoms with Gasteiger partial charge in [-0.2, -0.15) is 0 Å². The summed E-state index contributed by atoms with van der Waals surface area (Å²) in [6.45, 7) is 3.79. The molecule has 0 amide bonds. The molecule has 6 nitrogen and oxygen atoms in total. The first-order valence-corrected chi connectivity index (χ1v) is 5.22. The Kier molecular flexibility index (Phi) is 4.12. The predicted octanol–water partition coefficient (Wildman–Crippen LogP) is 1.01. The van der Waals surface area contributed by atoms with Gasteiger partial charge in [0, 0.05) is 13.1 Å². The van der Waals surface area contributed by atoms with Gasteiger partial charge in [0.2, 0.25) is 0 Å². The molecule has 0 aromatic carbocycles. The molecule has 0 saturated carbocycles. The van der Waals surface area contributed by atoms with E-state index < -0.39 is 0 Å². The monoisotopic (exact) mass is 350 g/mol. The minimum atomic E-state index is -0.320. The Morgan fingerprint density at radius 2 is 2.12 bits per heavy atom. The Bertz CT molecular complexity index is 640. The fourth-order valence-corrected chi connectivity index (χ4v) is 1.73. The van der Waals surface area contributed by atoms with Crippen molar-refractivity contribution in [2.24, 2.45) is 7.05 Å². The molecule has 1 N–H and O–H groups in total. The molecule has 2 aromatic rings. The highest BCUT2D eigenvalue weighted by Crippen LogP contribution is 2.06. The van der Waals surface area contributed by atoms with Crippen LogP contribution in [0.3, 0.4) is 0 Å². The van der Waals surface area contributed by atoms with Gasteiger partial charge in [-0.1, -0.05) is 6.92 Å². The van der Waals surface area contributed by atoms with Crippen LogP contribution in [0, 0.1) is 0 Å². The lowest BCUT2D eigenvalue weighted by Gasteiger charge is -2.13. The van der Waals surface area contributed by atoms with Crippen LogP contribution in [-0.2, 0) is 7.05 Å². The molecule has 0 bridgehead atoms. The number of rotatable bonds is 2. The summed E-state index contributed by atoms with van der Waals surface area (Å²) in [6.07, 6.45) is 2.15. The van der Waals surface area contributed by atoms with E-state index in [-0.39, 0.29) is 41.3 Å². The van der Waals surface area contributed by atoms with Gasteiger partial charge in [0.05, 0.1) is 6.33 Å². The summed E-state index contributed by atoms with van der Waals surface area (Å²) in [5.41, 5.74) is 0.154. The average molecular weight is 350 g/mol. The number of nitrogens with one attached hydrogen (secondary N) is 1. The van der Waals surface area contributed by atoms with Gasteiger partial charge < -0.3 is 4.98 Å². The molecule has 1 atom stereocenters. The van der Waals surface area contributed by atoms with E-state index in [0.717, 1.165) is 6.42 Å². The Morgan fingerprint density at radius 1 is 1.47 bits per heavy atom. The molecule has 7 heteroatoms. The highest BCUT2D eigenvalue weighted by Gasteiger charge is 2.15. The normalized spacial score (nSPS) is 12.4. The van der Waals surface area contributed by atoms with Crippen molar-refractivity contribution in [1.82, 2.24) is 19.1 Å². The van der Waals surface area contributed by atoms with Gasteiger partial charge in [0.1, 0.15) is 5.52 Å². The average Bonchev–Trinajstić information content (AvgIpc) is 2.75.